The van der Waals surface area contributed by atoms with Gasteiger partial charge in [0.2, 0.25) is 0 Å². The summed E-state index contributed by atoms with van der Waals surface area (Å²) < 4.78 is 0. The Morgan fingerprint density at radius 1 is 1.27 bits per heavy atom. The van der Waals surface area contributed by atoms with E-state index in [2.05, 4.69) is 27.8 Å². The van der Waals surface area contributed by atoms with E-state index in [1.165, 1.54) is 10.7 Å². The van der Waals surface area contributed by atoms with Crippen molar-refractivity contribution in [1.29, 1.82) is 0 Å². The van der Waals surface area contributed by atoms with Crippen LogP contribution in [0.4, 0.5) is 5.69 Å². The van der Waals surface area contributed by atoms with Crippen LogP contribution in [0.25, 0.3) is 0 Å². The van der Waals surface area contributed by atoms with E-state index >= 15 is 0 Å². The topological polar surface area (TPSA) is 24.9 Å². The molecule has 2 rings (SSSR count). The van der Waals surface area contributed by atoms with Crippen LogP contribution in [0.1, 0.15) is 10.7 Å². The van der Waals surface area contributed by atoms with Crippen LogP contribution in [0.3, 0.4) is 0 Å². The first-order valence-electron chi connectivity index (χ1n) is 5.04. The lowest BCUT2D eigenvalue weighted by Crippen LogP contribution is -2.04. The average molecular weight is 218 g/mol. The zero-order valence-corrected chi connectivity index (χ0v) is 9.55. The standard InChI is InChI=1S/C12H14N2S/c1-10-9-15-12(14-10)7-8-13-11-5-3-2-4-6-11/h2-6,9,13H,7-8H2,1H3. The van der Waals surface area contributed by atoms with Gasteiger partial charge in [0, 0.05) is 29.7 Å². The van der Waals surface area contributed by atoms with Crippen LogP contribution < -0.4 is 5.32 Å². The molecule has 3 heteroatoms. The third kappa shape index (κ3) is 3.06. The lowest BCUT2D eigenvalue weighted by molar-refractivity contribution is 0.987. The summed E-state index contributed by atoms with van der Waals surface area (Å²) in [7, 11) is 0. The fourth-order valence-corrected chi connectivity index (χ4v) is 2.16. The molecule has 0 saturated carbocycles. The van der Waals surface area contributed by atoms with E-state index in [0.29, 0.717) is 0 Å². The Morgan fingerprint density at radius 2 is 2.07 bits per heavy atom. The van der Waals surface area contributed by atoms with Crippen molar-refractivity contribution < 1.29 is 0 Å². The molecule has 2 nitrogen and oxygen atoms in total. The number of hydrogen-bond acceptors (Lipinski definition) is 3. The van der Waals surface area contributed by atoms with Crippen LogP contribution in [-0.2, 0) is 6.42 Å². The number of nitrogens with zero attached hydrogens (tertiary/aromatic N) is 1. The van der Waals surface area contributed by atoms with Crippen molar-refractivity contribution >= 4 is 17.0 Å². The van der Waals surface area contributed by atoms with Crippen LogP contribution in [-0.4, -0.2) is 11.5 Å². The smallest absolute Gasteiger partial charge is 0.0945 e. The van der Waals surface area contributed by atoms with Gasteiger partial charge < -0.3 is 5.32 Å². The summed E-state index contributed by atoms with van der Waals surface area (Å²) in [6, 6.07) is 10.3. The van der Waals surface area contributed by atoms with Gasteiger partial charge >= 0.3 is 0 Å². The van der Waals surface area contributed by atoms with Gasteiger partial charge in [-0.1, -0.05) is 18.2 Å². The average Bonchev–Trinajstić information content (AvgIpc) is 2.66. The molecule has 78 valence electrons. The molecule has 1 aromatic carbocycles. The number of hydrogen-bond donors (Lipinski definition) is 1. The number of rotatable bonds is 4. The number of anilines is 1. The predicted octanol–water partition coefficient (Wildman–Crippen LogP) is 3.11. The van der Waals surface area contributed by atoms with E-state index in [1.807, 2.05) is 25.1 Å². The molecule has 0 aliphatic heterocycles. The Kier molecular flexibility index (Phi) is 3.35. The molecule has 0 spiro atoms. The minimum Gasteiger partial charge on any atom is -0.385 e. The second kappa shape index (κ2) is 4.94. The molecule has 2 aromatic rings. The first-order chi connectivity index (χ1) is 7.34. The van der Waals surface area contributed by atoms with Crippen LogP contribution >= 0.6 is 11.3 Å². The van der Waals surface area contributed by atoms with E-state index in [0.717, 1.165) is 18.7 Å². The first kappa shape index (κ1) is 10.2. The highest BCUT2D eigenvalue weighted by atomic mass is 32.1. The molecule has 0 unspecified atom stereocenters. The fraction of sp³-hybridized carbons (Fsp3) is 0.250. The van der Waals surface area contributed by atoms with Crippen LogP contribution in [0, 0.1) is 6.92 Å². The normalized spacial score (nSPS) is 10.2. The zero-order valence-electron chi connectivity index (χ0n) is 8.73. The molecule has 0 radical (unpaired) electrons. The van der Waals surface area contributed by atoms with Crippen LogP contribution in [0.5, 0.6) is 0 Å². The second-order valence-corrected chi connectivity index (χ2v) is 4.37. The third-order valence-electron chi connectivity index (χ3n) is 2.11. The number of aromatic nitrogens is 1. The second-order valence-electron chi connectivity index (χ2n) is 3.43. The summed E-state index contributed by atoms with van der Waals surface area (Å²) >= 11 is 1.73. The third-order valence-corrected chi connectivity index (χ3v) is 3.13. The molecule has 1 aromatic heterocycles. The molecule has 15 heavy (non-hydrogen) atoms. The Balaban J connectivity index is 1.80. The van der Waals surface area contributed by atoms with E-state index < -0.39 is 0 Å². The van der Waals surface area contributed by atoms with E-state index in [4.69, 9.17) is 0 Å². The van der Waals surface area contributed by atoms with Gasteiger partial charge in [-0.15, -0.1) is 11.3 Å². The lowest BCUT2D eigenvalue weighted by Gasteiger charge is -2.03. The number of thiazole rings is 1. The maximum absolute atomic E-state index is 4.42. The van der Waals surface area contributed by atoms with Gasteiger partial charge in [0.1, 0.15) is 0 Å². The summed E-state index contributed by atoms with van der Waals surface area (Å²) in [5.41, 5.74) is 2.29. The zero-order chi connectivity index (χ0) is 10.5. The van der Waals surface area contributed by atoms with Gasteiger partial charge in [-0.2, -0.15) is 0 Å². The lowest BCUT2D eigenvalue weighted by atomic mass is 10.3. The highest BCUT2D eigenvalue weighted by Crippen LogP contribution is 2.10. The van der Waals surface area contributed by atoms with Gasteiger partial charge in [0.15, 0.2) is 0 Å². The van der Waals surface area contributed by atoms with Crippen molar-refractivity contribution in [2.75, 3.05) is 11.9 Å². The number of nitrogens with one attached hydrogen (secondary N) is 1. The Hall–Kier alpha value is -1.35. The van der Waals surface area contributed by atoms with E-state index in [9.17, 15) is 0 Å². The van der Waals surface area contributed by atoms with Crippen molar-refractivity contribution in [2.24, 2.45) is 0 Å². The molecule has 0 amide bonds. The van der Waals surface area contributed by atoms with Crippen molar-refractivity contribution in [3.63, 3.8) is 0 Å². The molecular weight excluding hydrogens is 204 g/mol. The fourth-order valence-electron chi connectivity index (χ4n) is 1.39. The summed E-state index contributed by atoms with van der Waals surface area (Å²) in [4.78, 5) is 4.42. The quantitative estimate of drug-likeness (QED) is 0.853. The van der Waals surface area contributed by atoms with Crippen LogP contribution in [0.2, 0.25) is 0 Å². The maximum Gasteiger partial charge on any atom is 0.0945 e. The minimum absolute atomic E-state index is 0.941. The van der Waals surface area contributed by atoms with Crippen molar-refractivity contribution in [1.82, 2.24) is 4.98 Å². The molecule has 1 heterocycles. The number of para-hydroxylation sites is 1. The maximum atomic E-state index is 4.42. The highest BCUT2D eigenvalue weighted by molar-refractivity contribution is 7.09. The predicted molar refractivity (Wildman–Crippen MR) is 65.5 cm³/mol. The number of aryl methyl sites for hydroxylation is 1. The van der Waals surface area contributed by atoms with Crippen LogP contribution in [0.15, 0.2) is 35.7 Å². The Bertz CT molecular complexity index is 409. The SMILES string of the molecule is Cc1csc(CCNc2ccccc2)n1. The molecule has 0 saturated heterocycles. The van der Waals surface area contributed by atoms with E-state index in [-0.39, 0.29) is 0 Å². The molecule has 0 atom stereocenters. The molecule has 1 N–H and O–H groups in total. The summed E-state index contributed by atoms with van der Waals surface area (Å²) in [5.74, 6) is 0. The Labute approximate surface area is 94.0 Å². The summed E-state index contributed by atoms with van der Waals surface area (Å²) in [5, 5.41) is 6.67. The van der Waals surface area contributed by atoms with Gasteiger partial charge in [0.25, 0.3) is 0 Å². The molecule has 0 bridgehead atoms. The summed E-state index contributed by atoms with van der Waals surface area (Å²) in [6.07, 6.45) is 0.993. The van der Waals surface area contributed by atoms with Gasteiger partial charge in [-0.25, -0.2) is 4.98 Å². The van der Waals surface area contributed by atoms with Gasteiger partial charge in [0.05, 0.1) is 5.01 Å². The van der Waals surface area contributed by atoms with Gasteiger partial charge in [-0.05, 0) is 19.1 Å². The molecular formula is C12H14N2S. The Morgan fingerprint density at radius 3 is 2.73 bits per heavy atom. The molecule has 0 aliphatic carbocycles. The largest absolute Gasteiger partial charge is 0.385 e. The number of benzene rings is 1. The highest BCUT2D eigenvalue weighted by Gasteiger charge is 1.97. The first-order valence-corrected chi connectivity index (χ1v) is 5.92. The van der Waals surface area contributed by atoms with Crippen molar-refractivity contribution in [2.45, 2.75) is 13.3 Å². The summed E-state index contributed by atoms with van der Waals surface area (Å²) in [6.45, 7) is 2.97. The van der Waals surface area contributed by atoms with Crippen molar-refractivity contribution in [3.8, 4) is 0 Å². The minimum atomic E-state index is 0.941. The molecule has 0 aliphatic rings. The van der Waals surface area contributed by atoms with E-state index in [1.54, 1.807) is 11.3 Å². The van der Waals surface area contributed by atoms with Gasteiger partial charge in [-0.3, -0.25) is 0 Å². The monoisotopic (exact) mass is 218 g/mol. The van der Waals surface area contributed by atoms with Crippen molar-refractivity contribution in [3.05, 3.63) is 46.4 Å². The molecule has 0 fully saturated rings.